The Morgan fingerprint density at radius 3 is 1.68 bits per heavy atom. The first-order valence-electron chi connectivity index (χ1n) is 7.64. The minimum absolute atomic E-state index is 0.342. The van der Waals surface area contributed by atoms with Gasteiger partial charge in [-0.15, -0.1) is 0 Å². The first-order chi connectivity index (χ1) is 10.7. The maximum atomic E-state index is 10.5. The summed E-state index contributed by atoms with van der Waals surface area (Å²) in [6, 6.07) is 24.4. The van der Waals surface area contributed by atoms with Crippen LogP contribution in [0.5, 0.6) is 5.75 Å². The third kappa shape index (κ3) is 2.75. The largest absolute Gasteiger partial charge is 0.507 e. The van der Waals surface area contributed by atoms with Gasteiger partial charge in [-0.25, -0.2) is 0 Å². The fourth-order valence-corrected chi connectivity index (χ4v) is 2.80. The molecule has 0 radical (unpaired) electrons. The van der Waals surface area contributed by atoms with Crippen LogP contribution < -0.4 is 0 Å². The van der Waals surface area contributed by atoms with E-state index in [4.69, 9.17) is 0 Å². The quantitative estimate of drug-likeness (QED) is 0.641. The van der Waals surface area contributed by atoms with E-state index in [9.17, 15) is 5.11 Å². The van der Waals surface area contributed by atoms with Crippen LogP contribution in [0.15, 0.2) is 72.8 Å². The number of hydrogen-bond acceptors (Lipinski definition) is 1. The summed E-state index contributed by atoms with van der Waals surface area (Å²) in [5.74, 6) is 0.695. The third-order valence-corrected chi connectivity index (χ3v) is 3.96. The summed E-state index contributed by atoms with van der Waals surface area (Å²) in [6.45, 7) is 4.31. The third-order valence-electron chi connectivity index (χ3n) is 3.96. The molecule has 0 spiro atoms. The van der Waals surface area contributed by atoms with Gasteiger partial charge in [0.05, 0.1) is 0 Å². The van der Waals surface area contributed by atoms with Gasteiger partial charge in [0.25, 0.3) is 0 Å². The second-order valence-electron chi connectivity index (χ2n) is 5.84. The van der Waals surface area contributed by atoms with Crippen LogP contribution in [0.1, 0.15) is 25.3 Å². The normalized spacial score (nSPS) is 10.9. The van der Waals surface area contributed by atoms with Crippen LogP contribution in [0.2, 0.25) is 0 Å². The summed E-state index contributed by atoms with van der Waals surface area (Å²) < 4.78 is 0. The molecule has 0 aromatic heterocycles. The minimum Gasteiger partial charge on any atom is -0.507 e. The van der Waals surface area contributed by atoms with Gasteiger partial charge in [0.1, 0.15) is 5.75 Å². The smallest absolute Gasteiger partial charge is 0.123 e. The molecule has 0 saturated carbocycles. The summed E-state index contributed by atoms with van der Waals surface area (Å²) in [5, 5.41) is 10.5. The number of aromatic hydroxyl groups is 1. The highest BCUT2D eigenvalue weighted by Gasteiger charge is 2.14. The van der Waals surface area contributed by atoms with Gasteiger partial charge in [-0.3, -0.25) is 0 Å². The summed E-state index contributed by atoms with van der Waals surface area (Å²) in [6.07, 6.45) is 0. The second-order valence-corrected chi connectivity index (χ2v) is 5.84. The van der Waals surface area contributed by atoms with E-state index in [1.54, 1.807) is 0 Å². The zero-order chi connectivity index (χ0) is 15.5. The lowest BCUT2D eigenvalue weighted by atomic mass is 9.89. The molecule has 3 rings (SSSR count). The second kappa shape index (κ2) is 6.07. The van der Waals surface area contributed by atoms with Gasteiger partial charge in [-0.2, -0.15) is 0 Å². The Morgan fingerprint density at radius 1 is 0.682 bits per heavy atom. The predicted octanol–water partition coefficient (Wildman–Crippen LogP) is 5.85. The lowest BCUT2D eigenvalue weighted by Crippen LogP contribution is -1.94. The summed E-state index contributed by atoms with van der Waals surface area (Å²) >= 11 is 0. The maximum absolute atomic E-state index is 10.5. The van der Waals surface area contributed by atoms with Crippen molar-refractivity contribution in [2.45, 2.75) is 19.8 Å². The number of hydrogen-bond donors (Lipinski definition) is 1. The number of phenols is 1. The van der Waals surface area contributed by atoms with Gasteiger partial charge in [0.15, 0.2) is 0 Å². The van der Waals surface area contributed by atoms with Crippen LogP contribution in [-0.2, 0) is 0 Å². The summed E-state index contributed by atoms with van der Waals surface area (Å²) in [5.41, 5.74) is 5.45. The zero-order valence-electron chi connectivity index (χ0n) is 13.0. The van der Waals surface area contributed by atoms with Crippen molar-refractivity contribution < 1.29 is 5.11 Å². The van der Waals surface area contributed by atoms with E-state index < -0.39 is 0 Å². The van der Waals surface area contributed by atoms with Gasteiger partial charge < -0.3 is 5.11 Å². The van der Waals surface area contributed by atoms with Crippen molar-refractivity contribution in [2.24, 2.45) is 0 Å². The van der Waals surface area contributed by atoms with Crippen molar-refractivity contribution in [1.82, 2.24) is 0 Å². The Kier molecular flexibility index (Phi) is 3.97. The van der Waals surface area contributed by atoms with E-state index in [0.29, 0.717) is 11.7 Å². The van der Waals surface area contributed by atoms with Crippen molar-refractivity contribution in [1.29, 1.82) is 0 Å². The molecule has 1 heteroatoms. The van der Waals surface area contributed by atoms with Gasteiger partial charge in [-0.1, -0.05) is 74.5 Å². The number of benzene rings is 3. The van der Waals surface area contributed by atoms with E-state index in [0.717, 1.165) is 11.1 Å². The van der Waals surface area contributed by atoms with Gasteiger partial charge >= 0.3 is 0 Å². The van der Waals surface area contributed by atoms with E-state index in [1.807, 2.05) is 42.5 Å². The lowest BCUT2D eigenvalue weighted by Gasteiger charge is -2.17. The highest BCUT2D eigenvalue weighted by atomic mass is 16.3. The first-order valence-corrected chi connectivity index (χ1v) is 7.64. The molecule has 22 heavy (non-hydrogen) atoms. The van der Waals surface area contributed by atoms with E-state index in [2.05, 4.69) is 44.2 Å². The molecule has 3 aromatic carbocycles. The molecule has 0 heterocycles. The topological polar surface area (TPSA) is 20.2 Å². The average molecular weight is 288 g/mol. The molecule has 3 aromatic rings. The fourth-order valence-electron chi connectivity index (χ4n) is 2.80. The van der Waals surface area contributed by atoms with E-state index in [-0.39, 0.29) is 0 Å². The van der Waals surface area contributed by atoms with Gasteiger partial charge in [0.2, 0.25) is 0 Å². The standard InChI is InChI=1S/C21H20O/c1-15(2)18-14-21(22)20(17-11-7-4-8-12-17)13-19(18)16-9-5-3-6-10-16/h3-15,22H,1-2H3. The first kappa shape index (κ1) is 14.4. The van der Waals surface area contributed by atoms with Crippen LogP contribution in [0, 0.1) is 0 Å². The Balaban J connectivity index is 2.23. The molecule has 0 aliphatic heterocycles. The molecule has 0 unspecified atom stereocenters. The van der Waals surface area contributed by atoms with E-state index in [1.165, 1.54) is 16.7 Å². The Bertz CT molecular complexity index is 759. The van der Waals surface area contributed by atoms with Gasteiger partial charge in [-0.05, 0) is 40.3 Å². The van der Waals surface area contributed by atoms with Crippen molar-refractivity contribution >= 4 is 0 Å². The molecule has 0 aliphatic carbocycles. The van der Waals surface area contributed by atoms with Gasteiger partial charge in [0, 0.05) is 5.56 Å². The Labute approximate surface area is 131 Å². The molecule has 0 aliphatic rings. The van der Waals surface area contributed by atoms with E-state index >= 15 is 0 Å². The molecular weight excluding hydrogens is 268 g/mol. The Morgan fingerprint density at radius 2 is 1.18 bits per heavy atom. The molecule has 0 amide bonds. The van der Waals surface area contributed by atoms with Crippen LogP contribution in [0.3, 0.4) is 0 Å². The number of phenolic OH excluding ortho intramolecular Hbond substituents is 1. The molecule has 0 bridgehead atoms. The van der Waals surface area contributed by atoms with Crippen LogP contribution in [0.25, 0.3) is 22.3 Å². The van der Waals surface area contributed by atoms with Crippen LogP contribution >= 0.6 is 0 Å². The Hall–Kier alpha value is -2.54. The summed E-state index contributed by atoms with van der Waals surface area (Å²) in [4.78, 5) is 0. The highest BCUT2D eigenvalue weighted by Crippen LogP contribution is 2.38. The minimum atomic E-state index is 0.342. The molecule has 1 nitrogen and oxygen atoms in total. The van der Waals surface area contributed by atoms with Crippen LogP contribution in [0.4, 0.5) is 0 Å². The molecule has 0 fully saturated rings. The molecular formula is C21H20O. The lowest BCUT2D eigenvalue weighted by molar-refractivity contribution is 0.476. The van der Waals surface area contributed by atoms with Crippen LogP contribution in [-0.4, -0.2) is 5.11 Å². The van der Waals surface area contributed by atoms with Crippen molar-refractivity contribution in [3.63, 3.8) is 0 Å². The average Bonchev–Trinajstić information content (AvgIpc) is 2.56. The molecule has 0 atom stereocenters. The molecule has 0 saturated heterocycles. The van der Waals surface area contributed by atoms with Crippen molar-refractivity contribution in [3.05, 3.63) is 78.4 Å². The maximum Gasteiger partial charge on any atom is 0.123 e. The number of rotatable bonds is 3. The predicted molar refractivity (Wildman–Crippen MR) is 93.1 cm³/mol. The summed E-state index contributed by atoms with van der Waals surface area (Å²) in [7, 11) is 0. The SMILES string of the molecule is CC(C)c1cc(O)c(-c2ccccc2)cc1-c1ccccc1. The zero-order valence-corrected chi connectivity index (χ0v) is 13.0. The molecule has 110 valence electrons. The highest BCUT2D eigenvalue weighted by molar-refractivity contribution is 5.80. The van der Waals surface area contributed by atoms with Crippen molar-refractivity contribution in [2.75, 3.05) is 0 Å². The monoisotopic (exact) mass is 288 g/mol. The molecule has 1 N–H and O–H groups in total. The van der Waals surface area contributed by atoms with Crippen molar-refractivity contribution in [3.8, 4) is 28.0 Å². The fraction of sp³-hybridized carbons (Fsp3) is 0.143.